The summed E-state index contributed by atoms with van der Waals surface area (Å²) in [7, 11) is 0. The number of carbonyl (C=O) groups is 4. The summed E-state index contributed by atoms with van der Waals surface area (Å²) < 4.78 is 29.1. The van der Waals surface area contributed by atoms with Crippen LogP contribution >= 0.6 is 0 Å². The molecule has 12 heteroatoms. The van der Waals surface area contributed by atoms with Gasteiger partial charge >= 0.3 is 23.9 Å². The first-order valence-electron chi connectivity index (χ1n) is 10.9. The van der Waals surface area contributed by atoms with E-state index < -0.39 is 54.4 Å². The van der Waals surface area contributed by atoms with E-state index in [1.54, 1.807) is 10.9 Å². The van der Waals surface area contributed by atoms with Gasteiger partial charge in [-0.05, 0) is 0 Å². The van der Waals surface area contributed by atoms with Gasteiger partial charge in [0.05, 0.1) is 18.4 Å². The van der Waals surface area contributed by atoms with Gasteiger partial charge in [-0.25, -0.2) is 4.68 Å². The van der Waals surface area contributed by atoms with Crippen molar-refractivity contribution in [2.24, 2.45) is 0 Å². The largest absolute Gasteiger partial charge is 0.463 e. The van der Waals surface area contributed by atoms with Crippen LogP contribution in [0.1, 0.15) is 27.7 Å². The minimum absolute atomic E-state index is 0.0311. The third kappa shape index (κ3) is 6.85. The second kappa shape index (κ2) is 11.6. The number of aromatic nitrogens is 3. The third-order valence-corrected chi connectivity index (χ3v) is 5.13. The lowest BCUT2D eigenvalue weighted by atomic mass is 9.94. The Bertz CT molecular complexity index is 1060. The molecule has 1 aliphatic rings. The fourth-order valence-corrected chi connectivity index (χ4v) is 3.86. The molecule has 188 valence electrons. The van der Waals surface area contributed by atoms with Crippen molar-refractivity contribution in [3.63, 3.8) is 0 Å². The van der Waals surface area contributed by atoms with Crippen molar-refractivity contribution in [2.45, 2.75) is 64.8 Å². The van der Waals surface area contributed by atoms with E-state index in [1.165, 1.54) is 27.7 Å². The highest BCUT2D eigenvalue weighted by atomic mass is 16.7. The van der Waals surface area contributed by atoms with Crippen molar-refractivity contribution >= 4 is 23.9 Å². The predicted octanol–water partition coefficient (Wildman–Crippen LogP) is 1.07. The number of hydrogen-bond donors (Lipinski definition) is 0. The van der Waals surface area contributed by atoms with Gasteiger partial charge in [0, 0.05) is 33.3 Å². The topological polar surface area (TPSA) is 145 Å². The minimum Gasteiger partial charge on any atom is -0.463 e. The van der Waals surface area contributed by atoms with Crippen LogP contribution in [0.4, 0.5) is 0 Å². The van der Waals surface area contributed by atoms with Crippen LogP contribution in [0, 0.1) is 0 Å². The summed E-state index contributed by atoms with van der Waals surface area (Å²) in [4.78, 5) is 47.2. The molecule has 0 unspecified atom stereocenters. The molecule has 3 rings (SSSR count). The quantitative estimate of drug-likeness (QED) is 0.388. The second-order valence-corrected chi connectivity index (χ2v) is 7.91. The Morgan fingerprint density at radius 2 is 1.40 bits per heavy atom. The van der Waals surface area contributed by atoms with E-state index in [1.807, 2.05) is 30.3 Å². The fourth-order valence-electron chi connectivity index (χ4n) is 3.86. The average molecular weight is 489 g/mol. The molecule has 12 nitrogen and oxygen atoms in total. The average Bonchev–Trinajstić information content (AvgIpc) is 3.24. The number of hydrogen-bond acceptors (Lipinski definition) is 11. The van der Waals surface area contributed by atoms with Gasteiger partial charge in [0.1, 0.15) is 18.8 Å². The van der Waals surface area contributed by atoms with Crippen LogP contribution in [0.25, 0.3) is 11.3 Å². The first-order valence-corrected chi connectivity index (χ1v) is 10.9. The standard InChI is InChI=1S/C23H27N3O9/c1-13(27)31-12-20-22(33-15(3)29)23(34-16(4)30)21(32-14(2)28)19(35-20)11-26-18(10-24-25-26)17-8-6-5-7-9-17/h5-10,19-23H,11-12H2,1-4H3/t19-,20+,21-,22+,23+/m0/s1. The van der Waals surface area contributed by atoms with Crippen LogP contribution in [-0.4, -0.2) is 76.0 Å². The monoisotopic (exact) mass is 489 g/mol. The van der Waals surface area contributed by atoms with Crippen molar-refractivity contribution in [3.05, 3.63) is 36.5 Å². The van der Waals surface area contributed by atoms with Gasteiger partial charge in [0.25, 0.3) is 0 Å². The molecule has 1 fully saturated rings. The lowest BCUT2D eigenvalue weighted by Gasteiger charge is -2.44. The molecule has 35 heavy (non-hydrogen) atoms. The summed E-state index contributed by atoms with van der Waals surface area (Å²) in [5.41, 5.74) is 1.50. The molecule has 1 saturated heterocycles. The highest BCUT2D eigenvalue weighted by Crippen LogP contribution is 2.31. The molecular formula is C23H27N3O9. The molecule has 5 atom stereocenters. The maximum Gasteiger partial charge on any atom is 0.303 e. The summed E-state index contributed by atoms with van der Waals surface area (Å²) in [6, 6.07) is 9.35. The summed E-state index contributed by atoms with van der Waals surface area (Å²) in [6.07, 6.45) is -3.99. The Morgan fingerprint density at radius 1 is 0.829 bits per heavy atom. The van der Waals surface area contributed by atoms with Gasteiger partial charge < -0.3 is 23.7 Å². The Kier molecular flexibility index (Phi) is 8.53. The van der Waals surface area contributed by atoms with Gasteiger partial charge in [-0.2, -0.15) is 0 Å². The van der Waals surface area contributed by atoms with E-state index in [0.717, 1.165) is 5.56 Å². The lowest BCUT2D eigenvalue weighted by Crippen LogP contribution is -2.63. The number of nitrogens with zero attached hydrogens (tertiary/aromatic N) is 3. The maximum absolute atomic E-state index is 12.0. The van der Waals surface area contributed by atoms with Gasteiger partial charge in [-0.15, -0.1) is 5.10 Å². The van der Waals surface area contributed by atoms with Crippen molar-refractivity contribution in [1.29, 1.82) is 0 Å². The van der Waals surface area contributed by atoms with Crippen LogP contribution in [0.3, 0.4) is 0 Å². The highest BCUT2D eigenvalue weighted by molar-refractivity contribution is 5.68. The normalized spacial score (nSPS) is 23.7. The van der Waals surface area contributed by atoms with Crippen LogP contribution in [0.15, 0.2) is 36.5 Å². The zero-order valence-corrected chi connectivity index (χ0v) is 19.8. The maximum atomic E-state index is 12.0. The van der Waals surface area contributed by atoms with Crippen molar-refractivity contribution in [1.82, 2.24) is 15.0 Å². The Hall–Kier alpha value is -3.80. The van der Waals surface area contributed by atoms with Crippen LogP contribution < -0.4 is 0 Å². The van der Waals surface area contributed by atoms with Gasteiger partial charge in [0.15, 0.2) is 18.3 Å². The second-order valence-electron chi connectivity index (χ2n) is 7.91. The molecule has 0 saturated carbocycles. The molecule has 1 aliphatic heterocycles. The van der Waals surface area contributed by atoms with E-state index in [-0.39, 0.29) is 13.2 Å². The summed E-state index contributed by atoms with van der Waals surface area (Å²) >= 11 is 0. The predicted molar refractivity (Wildman–Crippen MR) is 117 cm³/mol. The zero-order chi connectivity index (χ0) is 25.5. The molecular weight excluding hydrogens is 462 g/mol. The Morgan fingerprint density at radius 3 is 1.97 bits per heavy atom. The first kappa shape index (κ1) is 25.8. The molecule has 0 spiro atoms. The lowest BCUT2D eigenvalue weighted by molar-refractivity contribution is -0.254. The number of carbonyl (C=O) groups excluding carboxylic acids is 4. The van der Waals surface area contributed by atoms with Crippen LogP contribution in [0.5, 0.6) is 0 Å². The minimum atomic E-state index is -1.23. The van der Waals surface area contributed by atoms with Gasteiger partial charge in [0.2, 0.25) is 0 Å². The molecule has 1 aromatic carbocycles. The van der Waals surface area contributed by atoms with E-state index in [2.05, 4.69) is 10.3 Å². The number of benzene rings is 1. The van der Waals surface area contributed by atoms with E-state index >= 15 is 0 Å². The molecule has 0 amide bonds. The highest BCUT2D eigenvalue weighted by Gasteiger charge is 2.52. The molecule has 0 radical (unpaired) electrons. The van der Waals surface area contributed by atoms with E-state index in [4.69, 9.17) is 23.7 Å². The molecule has 0 aliphatic carbocycles. The molecule has 1 aromatic heterocycles. The van der Waals surface area contributed by atoms with Gasteiger partial charge in [-0.3, -0.25) is 19.2 Å². The zero-order valence-electron chi connectivity index (χ0n) is 19.8. The Balaban J connectivity index is 2.00. The number of esters is 4. The smallest absolute Gasteiger partial charge is 0.303 e. The van der Waals surface area contributed by atoms with Crippen molar-refractivity contribution in [3.8, 4) is 11.3 Å². The third-order valence-electron chi connectivity index (χ3n) is 5.13. The summed E-state index contributed by atoms with van der Waals surface area (Å²) in [6.45, 7) is 4.49. The summed E-state index contributed by atoms with van der Waals surface area (Å²) in [5, 5.41) is 8.10. The van der Waals surface area contributed by atoms with Gasteiger partial charge in [-0.1, -0.05) is 35.5 Å². The molecule has 0 N–H and O–H groups in total. The molecule has 2 aromatic rings. The SMILES string of the molecule is CC(=O)OC[C@H]1O[C@@H](Cn2nncc2-c2ccccc2)[C@H](OC(C)=O)[C@@H](OC(C)=O)[C@@H]1OC(C)=O. The number of rotatable bonds is 8. The van der Waals surface area contributed by atoms with E-state index in [9.17, 15) is 19.2 Å². The Labute approximate surface area is 201 Å². The molecule has 0 bridgehead atoms. The van der Waals surface area contributed by atoms with Crippen LogP contribution in [-0.2, 0) is 49.4 Å². The van der Waals surface area contributed by atoms with Crippen LogP contribution in [0.2, 0.25) is 0 Å². The molecule has 2 heterocycles. The van der Waals surface area contributed by atoms with E-state index in [0.29, 0.717) is 5.69 Å². The summed E-state index contributed by atoms with van der Waals surface area (Å²) in [5.74, 6) is -2.63. The van der Waals surface area contributed by atoms with Crippen molar-refractivity contribution in [2.75, 3.05) is 6.61 Å². The number of ether oxygens (including phenoxy) is 5. The van der Waals surface area contributed by atoms with Crippen molar-refractivity contribution < 1.29 is 42.9 Å². The fraction of sp³-hybridized carbons (Fsp3) is 0.478. The first-order chi connectivity index (χ1) is 16.7.